The van der Waals surface area contributed by atoms with E-state index in [-0.39, 0.29) is 12.1 Å². The van der Waals surface area contributed by atoms with Gasteiger partial charge in [-0.3, -0.25) is 0 Å². The highest BCUT2D eigenvalue weighted by molar-refractivity contribution is 5.73. The molecule has 2 aliphatic rings. The van der Waals surface area contributed by atoms with E-state index >= 15 is 0 Å². The molecule has 3 heteroatoms. The molecule has 2 aromatic carbocycles. The van der Waals surface area contributed by atoms with Crippen LogP contribution in [0.25, 0.3) is 0 Å². The summed E-state index contributed by atoms with van der Waals surface area (Å²) in [6.07, 6.45) is 1.03. The summed E-state index contributed by atoms with van der Waals surface area (Å²) in [7, 11) is 0. The van der Waals surface area contributed by atoms with Crippen molar-refractivity contribution in [3.63, 3.8) is 0 Å². The molecular weight excluding hydrogens is 260 g/mol. The maximum absolute atomic E-state index is 5.93. The number of benzene rings is 2. The first-order valence-corrected chi connectivity index (χ1v) is 7.36. The lowest BCUT2D eigenvalue weighted by Gasteiger charge is -2.31. The molecule has 1 heterocycles. The topological polar surface area (TPSA) is 47.6 Å². The highest BCUT2D eigenvalue weighted by Crippen LogP contribution is 2.48. The number of fused-ring (bicyclic) bond motifs is 3. The largest absolute Gasteiger partial charge is 0.457 e. The molecule has 3 nitrogen and oxygen atoms in total. The summed E-state index contributed by atoms with van der Waals surface area (Å²) in [6.45, 7) is 2.10. The van der Waals surface area contributed by atoms with E-state index in [1.165, 1.54) is 22.3 Å². The van der Waals surface area contributed by atoms with Gasteiger partial charge in [-0.15, -0.1) is 0 Å². The molecule has 106 valence electrons. The van der Waals surface area contributed by atoms with Crippen molar-refractivity contribution < 1.29 is 4.74 Å². The molecule has 0 radical (unpaired) electrons. The summed E-state index contributed by atoms with van der Waals surface area (Å²) in [5.41, 5.74) is 11.0. The van der Waals surface area contributed by atoms with Gasteiger partial charge in [-0.1, -0.05) is 54.1 Å². The number of aliphatic imine (C=N–C) groups is 1. The first-order valence-electron chi connectivity index (χ1n) is 7.36. The lowest BCUT2D eigenvalue weighted by Crippen LogP contribution is -2.31. The number of aryl methyl sites for hydroxylation is 1. The van der Waals surface area contributed by atoms with E-state index in [4.69, 9.17) is 10.5 Å². The fourth-order valence-electron chi connectivity index (χ4n) is 3.50. The second-order valence-electron chi connectivity index (χ2n) is 5.93. The molecule has 0 aromatic heterocycles. The molecular formula is C18H18N2O. The van der Waals surface area contributed by atoms with E-state index in [1.54, 1.807) is 0 Å². The lowest BCUT2D eigenvalue weighted by atomic mass is 9.88. The zero-order valence-corrected chi connectivity index (χ0v) is 12.0. The second kappa shape index (κ2) is 4.62. The van der Waals surface area contributed by atoms with Gasteiger partial charge in [0.1, 0.15) is 6.10 Å². The maximum atomic E-state index is 5.93. The number of rotatable bonds is 1. The summed E-state index contributed by atoms with van der Waals surface area (Å²) >= 11 is 0. The Morgan fingerprint density at radius 1 is 1.10 bits per heavy atom. The summed E-state index contributed by atoms with van der Waals surface area (Å²) in [6, 6.07) is 17.4. The standard InChI is InChI=1S/C18H18N2O/c1-11-6-8-12(9-7-11)16-15-10-13-4-2-3-5-14(13)17(15)21-18(19)20-16/h2-9,15-17H,10H2,1H3,(H2,19,20). The van der Waals surface area contributed by atoms with Crippen molar-refractivity contribution in [2.24, 2.45) is 16.6 Å². The molecule has 4 rings (SSSR count). The molecule has 2 aromatic rings. The van der Waals surface area contributed by atoms with Gasteiger partial charge in [-0.25, -0.2) is 4.99 Å². The van der Waals surface area contributed by atoms with Crippen molar-refractivity contribution in [1.29, 1.82) is 0 Å². The highest BCUT2D eigenvalue weighted by atomic mass is 16.5. The Morgan fingerprint density at radius 2 is 1.86 bits per heavy atom. The Hall–Kier alpha value is -2.29. The summed E-state index contributed by atoms with van der Waals surface area (Å²) in [5.74, 6) is 0.331. The molecule has 0 amide bonds. The maximum Gasteiger partial charge on any atom is 0.283 e. The van der Waals surface area contributed by atoms with Crippen LogP contribution in [0, 0.1) is 12.8 Å². The first kappa shape index (κ1) is 12.5. The molecule has 3 unspecified atom stereocenters. The minimum absolute atomic E-state index is 0.0324. The van der Waals surface area contributed by atoms with Crippen LogP contribution in [0.2, 0.25) is 0 Å². The lowest BCUT2D eigenvalue weighted by molar-refractivity contribution is 0.0964. The van der Waals surface area contributed by atoms with Gasteiger partial charge < -0.3 is 10.5 Å². The Labute approximate surface area is 124 Å². The van der Waals surface area contributed by atoms with Crippen molar-refractivity contribution >= 4 is 6.02 Å². The van der Waals surface area contributed by atoms with E-state index in [0.29, 0.717) is 11.9 Å². The SMILES string of the molecule is Cc1ccc(C2N=C(N)OC3c4ccccc4CC23)cc1. The fourth-order valence-corrected chi connectivity index (χ4v) is 3.50. The molecule has 0 bridgehead atoms. The van der Waals surface area contributed by atoms with Gasteiger partial charge in [0.25, 0.3) is 6.02 Å². The van der Waals surface area contributed by atoms with Crippen LogP contribution in [0.5, 0.6) is 0 Å². The van der Waals surface area contributed by atoms with Gasteiger partial charge in [0.15, 0.2) is 0 Å². The van der Waals surface area contributed by atoms with Gasteiger partial charge >= 0.3 is 0 Å². The van der Waals surface area contributed by atoms with Crippen molar-refractivity contribution in [3.05, 3.63) is 70.8 Å². The molecule has 0 fully saturated rings. The van der Waals surface area contributed by atoms with Crippen molar-refractivity contribution in [3.8, 4) is 0 Å². The van der Waals surface area contributed by atoms with Gasteiger partial charge in [-0.2, -0.15) is 0 Å². The van der Waals surface area contributed by atoms with Crippen LogP contribution in [0.3, 0.4) is 0 Å². The smallest absolute Gasteiger partial charge is 0.283 e. The molecule has 0 saturated carbocycles. The summed E-state index contributed by atoms with van der Waals surface area (Å²) in [5, 5.41) is 0. The van der Waals surface area contributed by atoms with Gasteiger partial charge in [-0.05, 0) is 30.0 Å². The predicted molar refractivity (Wildman–Crippen MR) is 83.0 cm³/mol. The fraction of sp³-hybridized carbons (Fsp3) is 0.278. The van der Waals surface area contributed by atoms with E-state index in [1.807, 2.05) is 0 Å². The predicted octanol–water partition coefficient (Wildman–Crippen LogP) is 3.29. The first-order chi connectivity index (χ1) is 10.2. The molecule has 0 spiro atoms. The van der Waals surface area contributed by atoms with Gasteiger partial charge in [0.2, 0.25) is 0 Å². The van der Waals surface area contributed by atoms with Crippen LogP contribution < -0.4 is 5.73 Å². The Kier molecular flexibility index (Phi) is 2.74. The highest BCUT2D eigenvalue weighted by Gasteiger charge is 2.42. The number of nitrogens with zero attached hydrogens (tertiary/aromatic N) is 1. The Bertz CT molecular complexity index is 705. The van der Waals surface area contributed by atoms with Crippen molar-refractivity contribution in [2.45, 2.75) is 25.5 Å². The van der Waals surface area contributed by atoms with Crippen LogP contribution in [0.4, 0.5) is 0 Å². The number of ether oxygens (including phenoxy) is 1. The van der Waals surface area contributed by atoms with E-state index in [9.17, 15) is 0 Å². The number of hydrogen-bond donors (Lipinski definition) is 1. The monoisotopic (exact) mass is 278 g/mol. The molecule has 1 aliphatic heterocycles. The molecule has 2 N–H and O–H groups in total. The molecule has 1 aliphatic carbocycles. The third-order valence-electron chi connectivity index (χ3n) is 4.54. The number of hydrogen-bond acceptors (Lipinski definition) is 3. The van der Waals surface area contributed by atoms with Crippen LogP contribution in [0.15, 0.2) is 53.5 Å². The van der Waals surface area contributed by atoms with Gasteiger partial charge in [0.05, 0.1) is 6.04 Å². The zero-order valence-electron chi connectivity index (χ0n) is 12.0. The van der Waals surface area contributed by atoms with Crippen LogP contribution >= 0.6 is 0 Å². The third-order valence-corrected chi connectivity index (χ3v) is 4.54. The molecule has 21 heavy (non-hydrogen) atoms. The Balaban J connectivity index is 1.76. The molecule has 3 atom stereocenters. The van der Waals surface area contributed by atoms with E-state index < -0.39 is 0 Å². The van der Waals surface area contributed by atoms with Crippen LogP contribution in [0.1, 0.15) is 34.4 Å². The van der Waals surface area contributed by atoms with Crippen molar-refractivity contribution in [1.82, 2.24) is 0 Å². The van der Waals surface area contributed by atoms with Crippen LogP contribution in [-0.2, 0) is 11.2 Å². The van der Waals surface area contributed by atoms with E-state index in [2.05, 4.69) is 60.4 Å². The number of amidine groups is 1. The van der Waals surface area contributed by atoms with Gasteiger partial charge in [0, 0.05) is 5.92 Å². The van der Waals surface area contributed by atoms with Crippen molar-refractivity contribution in [2.75, 3.05) is 0 Å². The second-order valence-corrected chi connectivity index (χ2v) is 5.93. The normalized spacial score (nSPS) is 26.5. The number of nitrogens with two attached hydrogens (primary N) is 1. The Morgan fingerprint density at radius 3 is 2.67 bits per heavy atom. The van der Waals surface area contributed by atoms with Crippen LogP contribution in [-0.4, -0.2) is 6.02 Å². The zero-order chi connectivity index (χ0) is 14.4. The molecule has 0 saturated heterocycles. The summed E-state index contributed by atoms with van der Waals surface area (Å²) < 4.78 is 5.84. The minimum Gasteiger partial charge on any atom is -0.457 e. The summed E-state index contributed by atoms with van der Waals surface area (Å²) in [4.78, 5) is 4.58. The quantitative estimate of drug-likeness (QED) is 0.870. The minimum atomic E-state index is 0.0324. The third kappa shape index (κ3) is 2.00. The van der Waals surface area contributed by atoms with E-state index in [0.717, 1.165) is 6.42 Å². The average Bonchev–Trinajstić information content (AvgIpc) is 2.86. The average molecular weight is 278 g/mol.